The molecule has 0 nitrogen and oxygen atoms in total. The fraction of sp³-hybridized carbons (Fsp3) is 1.00. The summed E-state index contributed by atoms with van der Waals surface area (Å²) in [5.41, 5.74) is 0. The molecule has 0 amide bonds. The largest absolute Gasteiger partial charge is 0.0928 e. The Morgan fingerprint density at radius 1 is 1.08 bits per heavy atom. The lowest BCUT2D eigenvalue weighted by atomic mass is 10.1. The lowest BCUT2D eigenvalue weighted by Gasteiger charge is -2.17. The zero-order valence-electron chi connectivity index (χ0n) is 7.07. The van der Waals surface area contributed by atoms with E-state index in [9.17, 15) is 0 Å². The van der Waals surface area contributed by atoms with Gasteiger partial charge < -0.3 is 0 Å². The average molecular weight is 430 g/mol. The van der Waals surface area contributed by atoms with Gasteiger partial charge in [0.1, 0.15) is 0 Å². The first-order valence-corrected chi connectivity index (χ1v) is 7.93. The minimum Gasteiger partial charge on any atom is -0.0928 e. The number of hydrogen-bond donors (Lipinski definition) is 0. The molecule has 0 saturated heterocycles. The minimum atomic E-state index is 0.575. The quantitative estimate of drug-likeness (QED) is 0.529. The summed E-state index contributed by atoms with van der Waals surface area (Å²) in [4.78, 5) is 1.76. The summed E-state index contributed by atoms with van der Waals surface area (Å²) < 4.78 is 0. The van der Waals surface area contributed by atoms with Crippen LogP contribution < -0.4 is 0 Å². The van der Waals surface area contributed by atoms with Crippen LogP contribution in [0.25, 0.3) is 0 Å². The molecule has 0 saturated carbocycles. The standard InChI is InChI=1S/C8H14Br4/c1-6(10)5-8(12)7(11)3-2-4-9/h6-8H,2-5H2,1H3. The zero-order chi connectivity index (χ0) is 9.56. The van der Waals surface area contributed by atoms with Gasteiger partial charge in [0.25, 0.3) is 0 Å². The Labute approximate surface area is 109 Å². The summed E-state index contributed by atoms with van der Waals surface area (Å²) in [5.74, 6) is 0. The van der Waals surface area contributed by atoms with Gasteiger partial charge in [-0.05, 0) is 19.3 Å². The smallest absolute Gasteiger partial charge is 0.0281 e. The highest BCUT2D eigenvalue weighted by atomic mass is 79.9. The van der Waals surface area contributed by atoms with E-state index in [0.717, 1.165) is 11.8 Å². The number of halogens is 4. The van der Waals surface area contributed by atoms with E-state index in [1.54, 1.807) is 0 Å². The van der Waals surface area contributed by atoms with Crippen LogP contribution in [0.1, 0.15) is 26.2 Å². The number of alkyl halides is 4. The summed E-state index contributed by atoms with van der Waals surface area (Å²) >= 11 is 14.3. The van der Waals surface area contributed by atoms with Gasteiger partial charge in [-0.3, -0.25) is 0 Å². The predicted octanol–water partition coefficient (Wildman–Crippen LogP) is 4.86. The predicted molar refractivity (Wildman–Crippen MR) is 71.5 cm³/mol. The average Bonchev–Trinajstić information content (AvgIpc) is 1.98. The van der Waals surface area contributed by atoms with Crippen molar-refractivity contribution in [1.82, 2.24) is 0 Å². The molecule has 74 valence electrons. The first-order chi connectivity index (χ1) is 5.57. The minimum absolute atomic E-state index is 0.575. The summed E-state index contributed by atoms with van der Waals surface area (Å²) in [6.07, 6.45) is 3.62. The highest BCUT2D eigenvalue weighted by Gasteiger charge is 2.16. The molecule has 0 N–H and O–H groups in total. The van der Waals surface area contributed by atoms with Gasteiger partial charge in [-0.1, -0.05) is 70.6 Å². The molecular weight excluding hydrogens is 416 g/mol. The van der Waals surface area contributed by atoms with E-state index in [-0.39, 0.29) is 0 Å². The SMILES string of the molecule is CC(Br)CC(Br)C(Br)CCCBr. The van der Waals surface area contributed by atoms with Crippen LogP contribution in [-0.2, 0) is 0 Å². The van der Waals surface area contributed by atoms with E-state index in [1.807, 2.05) is 0 Å². The molecule has 0 heterocycles. The third-order valence-electron chi connectivity index (χ3n) is 1.56. The summed E-state index contributed by atoms with van der Waals surface area (Å²) in [7, 11) is 0. The van der Waals surface area contributed by atoms with Gasteiger partial charge in [-0.25, -0.2) is 0 Å². The van der Waals surface area contributed by atoms with E-state index in [1.165, 1.54) is 12.8 Å². The maximum Gasteiger partial charge on any atom is 0.0281 e. The van der Waals surface area contributed by atoms with Crippen molar-refractivity contribution < 1.29 is 0 Å². The van der Waals surface area contributed by atoms with Gasteiger partial charge in [0.05, 0.1) is 0 Å². The summed E-state index contributed by atoms with van der Waals surface area (Å²) in [5, 5.41) is 1.10. The lowest BCUT2D eigenvalue weighted by Crippen LogP contribution is -2.17. The van der Waals surface area contributed by atoms with E-state index in [0.29, 0.717) is 14.5 Å². The molecule has 0 bridgehead atoms. The van der Waals surface area contributed by atoms with Crippen molar-refractivity contribution in [2.75, 3.05) is 5.33 Å². The van der Waals surface area contributed by atoms with Gasteiger partial charge >= 0.3 is 0 Å². The molecule has 0 rings (SSSR count). The molecule has 0 aromatic rings. The lowest BCUT2D eigenvalue weighted by molar-refractivity contribution is 0.682. The van der Waals surface area contributed by atoms with Crippen molar-refractivity contribution in [3.05, 3.63) is 0 Å². The van der Waals surface area contributed by atoms with Crippen LogP contribution in [0.4, 0.5) is 0 Å². The second kappa shape index (κ2) is 8.25. The van der Waals surface area contributed by atoms with Gasteiger partial charge in [-0.15, -0.1) is 0 Å². The van der Waals surface area contributed by atoms with Crippen LogP contribution in [0, 0.1) is 0 Å². The van der Waals surface area contributed by atoms with Crippen LogP contribution in [0.2, 0.25) is 0 Å². The fourth-order valence-corrected chi connectivity index (χ4v) is 3.50. The second-order valence-electron chi connectivity index (χ2n) is 2.88. The monoisotopic (exact) mass is 426 g/mol. The summed E-state index contributed by atoms with van der Waals surface area (Å²) in [6, 6.07) is 0. The third-order valence-corrected chi connectivity index (χ3v) is 5.31. The molecule has 0 aromatic carbocycles. The molecule has 0 fully saturated rings. The van der Waals surface area contributed by atoms with E-state index < -0.39 is 0 Å². The van der Waals surface area contributed by atoms with Crippen LogP contribution in [0.3, 0.4) is 0 Å². The number of hydrogen-bond acceptors (Lipinski definition) is 0. The van der Waals surface area contributed by atoms with Crippen LogP contribution in [-0.4, -0.2) is 19.8 Å². The van der Waals surface area contributed by atoms with Gasteiger partial charge in [0, 0.05) is 19.8 Å². The third kappa shape index (κ3) is 7.34. The number of rotatable bonds is 6. The van der Waals surface area contributed by atoms with Gasteiger partial charge in [0.2, 0.25) is 0 Å². The van der Waals surface area contributed by atoms with Crippen molar-refractivity contribution in [3.63, 3.8) is 0 Å². The normalized spacial score (nSPS) is 18.8. The maximum absolute atomic E-state index is 3.68. The van der Waals surface area contributed by atoms with Crippen molar-refractivity contribution in [3.8, 4) is 0 Å². The molecule has 4 heteroatoms. The van der Waals surface area contributed by atoms with E-state index in [4.69, 9.17) is 0 Å². The molecule has 3 unspecified atom stereocenters. The zero-order valence-corrected chi connectivity index (χ0v) is 13.4. The van der Waals surface area contributed by atoms with Gasteiger partial charge in [-0.2, -0.15) is 0 Å². The first-order valence-electron chi connectivity index (χ1n) is 4.06. The Bertz CT molecular complexity index is 105. The molecule has 0 aliphatic heterocycles. The summed E-state index contributed by atoms with van der Waals surface area (Å²) in [6.45, 7) is 2.18. The molecular formula is C8H14Br4. The van der Waals surface area contributed by atoms with Gasteiger partial charge in [0.15, 0.2) is 0 Å². The maximum atomic E-state index is 3.68. The van der Waals surface area contributed by atoms with Crippen LogP contribution in [0.5, 0.6) is 0 Å². The second-order valence-corrected chi connectivity index (χ2v) is 7.59. The Morgan fingerprint density at radius 2 is 1.67 bits per heavy atom. The molecule has 0 aliphatic carbocycles. The molecule has 0 spiro atoms. The van der Waals surface area contributed by atoms with Crippen molar-refractivity contribution >= 4 is 63.7 Å². The Morgan fingerprint density at radius 3 is 2.08 bits per heavy atom. The fourth-order valence-electron chi connectivity index (χ4n) is 0.911. The van der Waals surface area contributed by atoms with Crippen molar-refractivity contribution in [1.29, 1.82) is 0 Å². The highest BCUT2D eigenvalue weighted by molar-refractivity contribution is 9.12. The first kappa shape index (κ1) is 13.9. The topological polar surface area (TPSA) is 0 Å². The molecule has 12 heavy (non-hydrogen) atoms. The van der Waals surface area contributed by atoms with Crippen LogP contribution >= 0.6 is 63.7 Å². The Kier molecular flexibility index (Phi) is 9.57. The highest BCUT2D eigenvalue weighted by Crippen LogP contribution is 2.25. The van der Waals surface area contributed by atoms with Crippen LogP contribution in [0.15, 0.2) is 0 Å². The van der Waals surface area contributed by atoms with Crippen molar-refractivity contribution in [2.24, 2.45) is 0 Å². The molecule has 0 aliphatic rings. The molecule has 3 atom stereocenters. The van der Waals surface area contributed by atoms with E-state index in [2.05, 4.69) is 70.6 Å². The Hall–Kier alpha value is 1.92. The van der Waals surface area contributed by atoms with E-state index >= 15 is 0 Å². The molecule has 0 radical (unpaired) electrons. The van der Waals surface area contributed by atoms with Crippen molar-refractivity contribution in [2.45, 2.75) is 40.7 Å². The Balaban J connectivity index is 3.53. The molecule has 0 aromatic heterocycles.